The Kier molecular flexibility index (Phi) is 3.62. The number of carbonyl (C=O) groups is 2. The number of aromatic amines is 1. The van der Waals surface area contributed by atoms with Crippen LogP contribution in [0.3, 0.4) is 0 Å². The number of nitrogens with zero attached hydrogens (tertiary/aromatic N) is 1. The van der Waals surface area contributed by atoms with Gasteiger partial charge < -0.3 is 11.1 Å². The maximum absolute atomic E-state index is 11.7. The zero-order chi connectivity index (χ0) is 13.1. The Bertz CT molecular complexity index is 472. The average molecular weight is 238 g/mol. The molecule has 17 heavy (non-hydrogen) atoms. The number of aromatic nitrogens is 2. The highest BCUT2D eigenvalue weighted by atomic mass is 16.2. The SMILES string of the molecule is CC(C)(CC(N)=O)NC(=O)c1ccc(=O)[nH]n1. The van der Waals surface area contributed by atoms with E-state index in [1.807, 2.05) is 0 Å². The summed E-state index contributed by atoms with van der Waals surface area (Å²) in [6, 6.07) is 2.50. The maximum atomic E-state index is 11.7. The molecule has 0 aliphatic rings. The second kappa shape index (κ2) is 4.77. The molecule has 7 heteroatoms. The quantitative estimate of drug-likeness (QED) is 0.633. The molecule has 1 aromatic rings. The van der Waals surface area contributed by atoms with Gasteiger partial charge in [-0.05, 0) is 19.9 Å². The molecule has 92 valence electrons. The Balaban J connectivity index is 2.75. The van der Waals surface area contributed by atoms with Gasteiger partial charge in [0.25, 0.3) is 11.5 Å². The number of carbonyl (C=O) groups excluding carboxylic acids is 2. The topological polar surface area (TPSA) is 118 Å². The van der Waals surface area contributed by atoms with Crippen molar-refractivity contribution < 1.29 is 9.59 Å². The Morgan fingerprint density at radius 1 is 1.47 bits per heavy atom. The second-order valence-corrected chi connectivity index (χ2v) is 4.29. The lowest BCUT2D eigenvalue weighted by atomic mass is 10.00. The first-order valence-corrected chi connectivity index (χ1v) is 4.97. The first-order valence-electron chi connectivity index (χ1n) is 4.97. The van der Waals surface area contributed by atoms with E-state index in [9.17, 15) is 14.4 Å². The fourth-order valence-corrected chi connectivity index (χ4v) is 1.32. The van der Waals surface area contributed by atoms with Gasteiger partial charge in [0, 0.05) is 18.0 Å². The summed E-state index contributed by atoms with van der Waals surface area (Å²) in [7, 11) is 0. The molecular weight excluding hydrogens is 224 g/mol. The van der Waals surface area contributed by atoms with Crippen molar-refractivity contribution in [2.24, 2.45) is 5.73 Å². The number of H-pyrrole nitrogens is 1. The van der Waals surface area contributed by atoms with E-state index in [0.717, 1.165) is 0 Å². The maximum Gasteiger partial charge on any atom is 0.272 e. The molecule has 0 fully saturated rings. The van der Waals surface area contributed by atoms with Gasteiger partial charge in [-0.1, -0.05) is 0 Å². The van der Waals surface area contributed by atoms with Crippen molar-refractivity contribution in [3.63, 3.8) is 0 Å². The van der Waals surface area contributed by atoms with Crippen LogP contribution >= 0.6 is 0 Å². The second-order valence-electron chi connectivity index (χ2n) is 4.29. The number of amides is 2. The summed E-state index contributed by atoms with van der Waals surface area (Å²) in [5.41, 5.74) is 3.98. The van der Waals surface area contributed by atoms with Crippen LogP contribution in [-0.4, -0.2) is 27.6 Å². The number of nitrogens with two attached hydrogens (primary N) is 1. The van der Waals surface area contributed by atoms with Crippen LogP contribution in [0.4, 0.5) is 0 Å². The van der Waals surface area contributed by atoms with Crippen molar-refractivity contribution in [2.45, 2.75) is 25.8 Å². The van der Waals surface area contributed by atoms with E-state index in [1.165, 1.54) is 12.1 Å². The molecule has 0 atom stereocenters. The first kappa shape index (κ1) is 12.9. The lowest BCUT2D eigenvalue weighted by molar-refractivity contribution is -0.119. The zero-order valence-electron chi connectivity index (χ0n) is 9.61. The summed E-state index contributed by atoms with van der Waals surface area (Å²) in [5.74, 6) is -0.989. The highest BCUT2D eigenvalue weighted by molar-refractivity contribution is 5.92. The van der Waals surface area contributed by atoms with Crippen LogP contribution in [0.5, 0.6) is 0 Å². The van der Waals surface area contributed by atoms with Gasteiger partial charge in [-0.3, -0.25) is 14.4 Å². The number of hydrogen-bond acceptors (Lipinski definition) is 4. The fraction of sp³-hybridized carbons (Fsp3) is 0.400. The van der Waals surface area contributed by atoms with E-state index < -0.39 is 22.9 Å². The molecular formula is C10H14N4O3. The van der Waals surface area contributed by atoms with Crippen LogP contribution < -0.4 is 16.6 Å². The predicted molar refractivity (Wildman–Crippen MR) is 60.2 cm³/mol. The first-order chi connectivity index (χ1) is 7.80. The van der Waals surface area contributed by atoms with Gasteiger partial charge in [0.15, 0.2) is 0 Å². The summed E-state index contributed by atoms with van der Waals surface area (Å²) < 4.78 is 0. The number of rotatable bonds is 4. The van der Waals surface area contributed by atoms with Crippen molar-refractivity contribution in [3.05, 3.63) is 28.2 Å². The van der Waals surface area contributed by atoms with Gasteiger partial charge in [-0.2, -0.15) is 5.10 Å². The minimum absolute atomic E-state index is 0.0160. The zero-order valence-corrected chi connectivity index (χ0v) is 9.61. The number of primary amides is 1. The van der Waals surface area contributed by atoms with Crippen LogP contribution in [0.25, 0.3) is 0 Å². The minimum Gasteiger partial charge on any atom is -0.370 e. The molecule has 0 saturated carbocycles. The van der Waals surface area contributed by atoms with Crippen molar-refractivity contribution in [2.75, 3.05) is 0 Å². The Labute approximate surface area is 97.4 Å². The van der Waals surface area contributed by atoms with Gasteiger partial charge in [0.05, 0.1) is 0 Å². The third-order valence-corrected chi connectivity index (χ3v) is 1.98. The fourth-order valence-electron chi connectivity index (χ4n) is 1.32. The molecule has 7 nitrogen and oxygen atoms in total. The summed E-state index contributed by atoms with van der Waals surface area (Å²) in [6.45, 7) is 3.34. The molecule has 1 aromatic heterocycles. The molecule has 0 spiro atoms. The van der Waals surface area contributed by atoms with E-state index in [0.29, 0.717) is 0 Å². The lowest BCUT2D eigenvalue weighted by Crippen LogP contribution is -2.46. The van der Waals surface area contributed by atoms with Gasteiger partial charge >= 0.3 is 0 Å². The standard InChI is InChI=1S/C10H14N4O3/c1-10(2,5-7(11)15)12-9(17)6-3-4-8(16)14-13-6/h3-4H,5H2,1-2H3,(H2,11,15)(H,12,17)(H,14,16). The summed E-state index contributed by atoms with van der Waals surface area (Å²) >= 11 is 0. The molecule has 0 aliphatic heterocycles. The van der Waals surface area contributed by atoms with Crippen molar-refractivity contribution in [3.8, 4) is 0 Å². The van der Waals surface area contributed by atoms with Crippen LogP contribution in [-0.2, 0) is 4.79 Å². The van der Waals surface area contributed by atoms with Crippen LogP contribution in [0.2, 0.25) is 0 Å². The van der Waals surface area contributed by atoms with E-state index in [2.05, 4.69) is 15.5 Å². The van der Waals surface area contributed by atoms with Gasteiger partial charge in [-0.15, -0.1) is 0 Å². The normalized spacial score (nSPS) is 10.9. The summed E-state index contributed by atoms with van der Waals surface area (Å²) in [4.78, 5) is 33.3. The van der Waals surface area contributed by atoms with Crippen LogP contribution in [0.15, 0.2) is 16.9 Å². The van der Waals surface area contributed by atoms with Gasteiger partial charge in [0.1, 0.15) is 5.69 Å². The lowest BCUT2D eigenvalue weighted by Gasteiger charge is -2.24. The molecule has 0 saturated heterocycles. The third-order valence-electron chi connectivity index (χ3n) is 1.98. The molecule has 0 aromatic carbocycles. The van der Waals surface area contributed by atoms with E-state index in [4.69, 9.17) is 5.73 Å². The molecule has 0 unspecified atom stereocenters. The third kappa shape index (κ3) is 4.06. The summed E-state index contributed by atoms with van der Waals surface area (Å²) in [5, 5.41) is 8.32. The van der Waals surface area contributed by atoms with Gasteiger partial charge in [-0.25, -0.2) is 5.10 Å². The van der Waals surface area contributed by atoms with Crippen molar-refractivity contribution in [1.29, 1.82) is 0 Å². The Morgan fingerprint density at radius 2 is 2.12 bits per heavy atom. The molecule has 0 radical (unpaired) electrons. The van der Waals surface area contributed by atoms with Crippen LogP contribution in [0, 0.1) is 0 Å². The highest BCUT2D eigenvalue weighted by Crippen LogP contribution is 2.08. The summed E-state index contributed by atoms with van der Waals surface area (Å²) in [6.07, 6.45) is 0.0160. The number of nitrogens with one attached hydrogen (secondary N) is 2. The van der Waals surface area contributed by atoms with E-state index in [-0.39, 0.29) is 12.1 Å². The molecule has 4 N–H and O–H groups in total. The van der Waals surface area contributed by atoms with Gasteiger partial charge in [0.2, 0.25) is 5.91 Å². The Morgan fingerprint density at radius 3 is 2.59 bits per heavy atom. The van der Waals surface area contributed by atoms with Crippen LogP contribution in [0.1, 0.15) is 30.8 Å². The molecule has 1 rings (SSSR count). The van der Waals surface area contributed by atoms with Crippen molar-refractivity contribution >= 4 is 11.8 Å². The average Bonchev–Trinajstić information content (AvgIpc) is 2.15. The molecule has 1 heterocycles. The Hall–Kier alpha value is -2.18. The van der Waals surface area contributed by atoms with E-state index >= 15 is 0 Å². The molecule has 0 bridgehead atoms. The predicted octanol–water partition coefficient (Wildman–Crippen LogP) is -0.846. The molecule has 2 amide bonds. The number of hydrogen-bond donors (Lipinski definition) is 3. The largest absolute Gasteiger partial charge is 0.370 e. The van der Waals surface area contributed by atoms with Crippen molar-refractivity contribution in [1.82, 2.24) is 15.5 Å². The minimum atomic E-state index is -0.763. The smallest absolute Gasteiger partial charge is 0.272 e. The molecule has 0 aliphatic carbocycles. The highest BCUT2D eigenvalue weighted by Gasteiger charge is 2.24. The monoisotopic (exact) mass is 238 g/mol. The van der Waals surface area contributed by atoms with E-state index in [1.54, 1.807) is 13.8 Å².